The Kier molecular flexibility index (Phi) is 8.15. The summed E-state index contributed by atoms with van der Waals surface area (Å²) in [4.78, 5) is 43.6. The van der Waals surface area contributed by atoms with E-state index in [4.69, 9.17) is 0 Å². The Hall–Kier alpha value is -2.82. The summed E-state index contributed by atoms with van der Waals surface area (Å²) in [5.74, 6) is -0.689. The molecule has 2 aliphatic rings. The highest BCUT2D eigenvalue weighted by Gasteiger charge is 2.41. The van der Waals surface area contributed by atoms with Gasteiger partial charge < -0.3 is 0 Å². The Bertz CT molecular complexity index is 1130. The van der Waals surface area contributed by atoms with Gasteiger partial charge in [0, 0.05) is 42.9 Å². The van der Waals surface area contributed by atoms with Crippen LogP contribution in [0, 0.1) is 11.7 Å². The molecule has 2 fully saturated rings. The number of nitrogens with one attached hydrogen (secondary N) is 1. The Balaban J connectivity index is 1.61. The van der Waals surface area contributed by atoms with Crippen LogP contribution in [-0.4, -0.2) is 56.9 Å². The van der Waals surface area contributed by atoms with Crippen LogP contribution in [-0.2, 0) is 25.8 Å². The molecule has 0 bridgehead atoms. The fraction of sp³-hybridized carbons (Fsp3) is 0.440. The molecule has 10 heteroatoms. The number of nitrogens with zero attached hydrogens (tertiary/aromatic N) is 3. The minimum atomic E-state index is -0.661. The molecule has 1 aliphatic carbocycles. The van der Waals surface area contributed by atoms with Crippen molar-refractivity contribution in [3.63, 3.8) is 0 Å². The summed E-state index contributed by atoms with van der Waals surface area (Å²) in [6.07, 6.45) is 5.93. The third-order valence-electron chi connectivity index (χ3n) is 6.12. The molecule has 1 aliphatic heterocycles. The van der Waals surface area contributed by atoms with E-state index in [0.717, 1.165) is 18.4 Å². The summed E-state index contributed by atoms with van der Waals surface area (Å²) in [5.41, 5.74) is 4.22. The van der Waals surface area contributed by atoms with E-state index in [0.29, 0.717) is 30.8 Å². The van der Waals surface area contributed by atoms with Crippen LogP contribution in [0.25, 0.3) is 6.08 Å². The first-order valence-corrected chi connectivity index (χ1v) is 12.5. The van der Waals surface area contributed by atoms with Gasteiger partial charge in [0.15, 0.2) is 10.9 Å². The van der Waals surface area contributed by atoms with E-state index < -0.39 is 6.04 Å². The Labute approximate surface area is 207 Å². The average molecular weight is 501 g/mol. The minimum Gasteiger partial charge on any atom is -0.297 e. The third-order valence-corrected chi connectivity index (χ3v) is 7.27. The van der Waals surface area contributed by atoms with Crippen molar-refractivity contribution in [3.8, 4) is 0 Å². The first kappa shape index (κ1) is 25.3. The zero-order valence-corrected chi connectivity index (χ0v) is 20.6. The molecule has 1 amide bonds. The van der Waals surface area contributed by atoms with Gasteiger partial charge in [-0.25, -0.2) is 9.87 Å². The van der Waals surface area contributed by atoms with Crippen molar-refractivity contribution < 1.29 is 23.6 Å². The molecule has 186 valence electrons. The number of hydrogen-bond acceptors (Lipinski definition) is 7. The molecule has 8 nitrogen and oxygen atoms in total. The zero-order chi connectivity index (χ0) is 24.9. The number of benzene rings is 1. The second kappa shape index (κ2) is 11.3. The van der Waals surface area contributed by atoms with Gasteiger partial charge in [0.25, 0.3) is 5.91 Å². The van der Waals surface area contributed by atoms with E-state index in [1.807, 2.05) is 11.0 Å². The fourth-order valence-electron chi connectivity index (χ4n) is 4.42. The summed E-state index contributed by atoms with van der Waals surface area (Å²) in [6, 6.07) is 7.59. The number of Topliss-reactive ketones (excluding diaryl/α,β-unsaturated/α-hetero) is 1. The summed E-state index contributed by atoms with van der Waals surface area (Å²) in [5, 5.41) is 4.38. The van der Waals surface area contributed by atoms with Crippen molar-refractivity contribution in [2.24, 2.45) is 5.92 Å². The van der Waals surface area contributed by atoms with Crippen molar-refractivity contribution >= 4 is 34.6 Å². The third kappa shape index (κ3) is 6.45. The normalized spacial score (nSPS) is 20.5. The van der Waals surface area contributed by atoms with Crippen LogP contribution >= 0.6 is 11.8 Å². The topological polar surface area (TPSA) is 93.5 Å². The van der Waals surface area contributed by atoms with Gasteiger partial charge in [-0.05, 0) is 43.0 Å². The zero-order valence-electron chi connectivity index (χ0n) is 19.8. The molecule has 2 atom stereocenters. The molecule has 4 rings (SSSR count). The number of aromatic nitrogens is 2. The maximum absolute atomic E-state index is 14.8. The van der Waals surface area contributed by atoms with Gasteiger partial charge in [-0.15, -0.1) is 0 Å². The number of amides is 1. The highest BCUT2D eigenvalue weighted by molar-refractivity contribution is 8.14. The molecule has 1 saturated heterocycles. The lowest BCUT2D eigenvalue weighted by atomic mass is 9.93. The lowest BCUT2D eigenvalue weighted by Gasteiger charge is -2.38. The number of carbonyl (C=O) groups is 3. The lowest BCUT2D eigenvalue weighted by molar-refractivity contribution is -0.132. The molecular weight excluding hydrogens is 471 g/mol. The van der Waals surface area contributed by atoms with Crippen molar-refractivity contribution in [3.05, 3.63) is 59.2 Å². The first-order chi connectivity index (χ1) is 16.9. The summed E-state index contributed by atoms with van der Waals surface area (Å²) < 4.78 is 16.3. The molecule has 1 N–H and O–H groups in total. The van der Waals surface area contributed by atoms with Gasteiger partial charge in [0.05, 0.1) is 18.8 Å². The fourth-order valence-corrected chi connectivity index (χ4v) is 5.34. The quantitative estimate of drug-likeness (QED) is 0.529. The highest BCUT2D eigenvalue weighted by atomic mass is 32.2. The molecule has 2 unspecified atom stereocenters. The molecular formula is C25H29FN4O4S. The predicted octanol–water partition coefficient (Wildman–Crippen LogP) is 3.16. The van der Waals surface area contributed by atoms with Crippen molar-refractivity contribution in [2.75, 3.05) is 20.2 Å². The van der Waals surface area contributed by atoms with Crippen LogP contribution in [0.15, 0.2) is 42.1 Å². The van der Waals surface area contributed by atoms with Crippen molar-refractivity contribution in [2.45, 2.75) is 44.0 Å². The average Bonchev–Trinajstić information content (AvgIpc) is 3.58. The second-order valence-electron chi connectivity index (χ2n) is 8.84. The molecule has 1 aromatic carbocycles. The molecule has 35 heavy (non-hydrogen) atoms. The maximum atomic E-state index is 14.8. The number of piperidine rings is 1. The largest absolute Gasteiger partial charge is 0.297 e. The number of hydrogen-bond donors (Lipinski definition) is 1. The molecule has 0 spiro atoms. The van der Waals surface area contributed by atoms with Gasteiger partial charge >= 0.3 is 0 Å². The number of halogens is 1. The van der Waals surface area contributed by atoms with Crippen LogP contribution in [0.5, 0.6) is 0 Å². The van der Waals surface area contributed by atoms with E-state index in [-0.39, 0.29) is 40.3 Å². The number of thioether (sulfide) groups is 1. The standard InChI is InChI=1S/C25H29FN4O4S/c1-16(31)35-22-10-11-29(24(25(33)17-7-8-17)20-5-3-4-6-21(20)26)14-18(22)13-19-9-12-30(27-19)15-23(32)28-34-2/h3-6,9,12-13,17,22,24H,7-8,10-11,14-15H2,1-2H3,(H,28,32)/b18-13-. The monoisotopic (exact) mass is 500 g/mol. The number of carbonyl (C=O) groups excluding carboxylic acids is 3. The highest BCUT2D eigenvalue weighted by Crippen LogP contribution is 2.40. The number of rotatable bonds is 9. The van der Waals surface area contributed by atoms with Crippen LogP contribution in [0.3, 0.4) is 0 Å². The van der Waals surface area contributed by atoms with E-state index in [9.17, 15) is 18.8 Å². The van der Waals surface area contributed by atoms with Gasteiger partial charge in [0.1, 0.15) is 12.4 Å². The van der Waals surface area contributed by atoms with Gasteiger partial charge in [-0.2, -0.15) is 5.10 Å². The molecule has 1 aromatic heterocycles. The van der Waals surface area contributed by atoms with Gasteiger partial charge in [0.2, 0.25) is 0 Å². The Morgan fingerprint density at radius 3 is 2.71 bits per heavy atom. The Morgan fingerprint density at radius 1 is 1.26 bits per heavy atom. The molecule has 0 radical (unpaired) electrons. The SMILES string of the molecule is CONC(=O)Cn1ccc(/C=C2/CN(C(C(=O)C3CC3)c3ccccc3F)CCC2SC(C)=O)n1. The van der Waals surface area contributed by atoms with Crippen LogP contribution in [0.1, 0.15) is 43.5 Å². The summed E-state index contributed by atoms with van der Waals surface area (Å²) in [7, 11) is 1.36. The number of likely N-dealkylation sites (tertiary alicyclic amines) is 1. The maximum Gasteiger partial charge on any atom is 0.265 e. The molecule has 2 heterocycles. The molecule has 1 saturated carbocycles. The van der Waals surface area contributed by atoms with Crippen LogP contribution in [0.2, 0.25) is 0 Å². The second-order valence-corrected chi connectivity index (χ2v) is 10.2. The van der Waals surface area contributed by atoms with E-state index in [1.54, 1.807) is 30.5 Å². The van der Waals surface area contributed by atoms with Gasteiger partial charge in [-0.3, -0.25) is 28.8 Å². The van der Waals surface area contributed by atoms with E-state index in [2.05, 4.69) is 15.4 Å². The summed E-state index contributed by atoms with van der Waals surface area (Å²) in [6.45, 7) is 2.53. The first-order valence-electron chi connectivity index (χ1n) is 11.6. The number of hydroxylamine groups is 1. The smallest absolute Gasteiger partial charge is 0.265 e. The summed E-state index contributed by atoms with van der Waals surface area (Å²) >= 11 is 1.26. The Morgan fingerprint density at radius 2 is 2.03 bits per heavy atom. The van der Waals surface area contributed by atoms with Crippen molar-refractivity contribution in [1.29, 1.82) is 0 Å². The number of ketones is 1. The van der Waals surface area contributed by atoms with Crippen LogP contribution < -0.4 is 5.48 Å². The van der Waals surface area contributed by atoms with E-state index in [1.165, 1.54) is 36.5 Å². The lowest BCUT2D eigenvalue weighted by Crippen LogP contribution is -2.43. The van der Waals surface area contributed by atoms with Gasteiger partial charge in [-0.1, -0.05) is 30.0 Å². The van der Waals surface area contributed by atoms with Crippen molar-refractivity contribution in [1.82, 2.24) is 20.2 Å². The molecule has 2 aromatic rings. The van der Waals surface area contributed by atoms with E-state index >= 15 is 0 Å². The minimum absolute atomic E-state index is 0.0000111. The predicted molar refractivity (Wildman–Crippen MR) is 130 cm³/mol. The van der Waals surface area contributed by atoms with Crippen LogP contribution in [0.4, 0.5) is 4.39 Å².